The Hall–Kier alpha value is -2.04. The number of amides is 2. The number of carbonyl (C=O) groups is 2. The molecule has 1 N–H and O–H groups in total. The molecule has 2 aliphatic rings. The maximum atomic E-state index is 12.4. The van der Waals surface area contributed by atoms with Crippen LogP contribution in [0, 0.1) is 0 Å². The van der Waals surface area contributed by atoms with E-state index < -0.39 is 0 Å². The number of rotatable bonds is 5. The molecule has 1 atom stereocenters. The standard InChI is InChI=1S/C20H29N3O2/c1-22-18(11-4-5-12-19(22)24)20(25)21-13-7-15-23-14-6-9-16-8-2-3-10-17(16)23/h2-3,8,10,18H,4-7,9,11-15H2,1H3,(H,21,25). The molecule has 2 amide bonds. The smallest absolute Gasteiger partial charge is 0.242 e. The molecule has 1 unspecified atom stereocenters. The first-order chi connectivity index (χ1) is 12.2. The molecule has 1 aromatic rings. The molecule has 5 heteroatoms. The van der Waals surface area contributed by atoms with Crippen molar-refractivity contribution in [3.63, 3.8) is 0 Å². The number of aryl methyl sites for hydroxylation is 1. The summed E-state index contributed by atoms with van der Waals surface area (Å²) in [6, 6.07) is 8.30. The van der Waals surface area contributed by atoms with Gasteiger partial charge in [0.2, 0.25) is 11.8 Å². The zero-order valence-electron chi connectivity index (χ0n) is 15.2. The molecule has 0 bridgehead atoms. The molecule has 0 radical (unpaired) electrons. The van der Waals surface area contributed by atoms with E-state index in [9.17, 15) is 9.59 Å². The first-order valence-corrected chi connectivity index (χ1v) is 9.53. The summed E-state index contributed by atoms with van der Waals surface area (Å²) in [6.07, 6.45) is 6.44. The van der Waals surface area contributed by atoms with E-state index in [1.165, 1.54) is 17.7 Å². The predicted molar refractivity (Wildman–Crippen MR) is 99.6 cm³/mol. The Balaban J connectivity index is 1.46. The molecule has 3 rings (SSSR count). The molecule has 0 spiro atoms. The van der Waals surface area contributed by atoms with Gasteiger partial charge in [-0.25, -0.2) is 0 Å². The number of nitrogens with one attached hydrogen (secondary N) is 1. The molecule has 2 heterocycles. The topological polar surface area (TPSA) is 52.7 Å². The second-order valence-electron chi connectivity index (χ2n) is 7.13. The van der Waals surface area contributed by atoms with Gasteiger partial charge in [0.1, 0.15) is 6.04 Å². The summed E-state index contributed by atoms with van der Waals surface area (Å²) in [6.45, 7) is 2.71. The highest BCUT2D eigenvalue weighted by Gasteiger charge is 2.28. The van der Waals surface area contributed by atoms with Crippen LogP contribution < -0.4 is 10.2 Å². The average molecular weight is 343 g/mol. The lowest BCUT2D eigenvalue weighted by Gasteiger charge is -2.31. The van der Waals surface area contributed by atoms with Crippen molar-refractivity contribution in [2.24, 2.45) is 0 Å². The summed E-state index contributed by atoms with van der Waals surface area (Å²) < 4.78 is 0. The number of carbonyl (C=O) groups excluding carboxylic acids is 2. The highest BCUT2D eigenvalue weighted by Crippen LogP contribution is 2.26. The Kier molecular flexibility index (Phi) is 5.95. The summed E-state index contributed by atoms with van der Waals surface area (Å²) in [4.78, 5) is 28.4. The highest BCUT2D eigenvalue weighted by molar-refractivity contribution is 5.87. The molecule has 2 aliphatic heterocycles. The van der Waals surface area contributed by atoms with Gasteiger partial charge in [-0.15, -0.1) is 0 Å². The van der Waals surface area contributed by atoms with Crippen LogP contribution in [-0.2, 0) is 16.0 Å². The fourth-order valence-electron chi connectivity index (χ4n) is 3.91. The van der Waals surface area contributed by atoms with Gasteiger partial charge in [-0.3, -0.25) is 9.59 Å². The summed E-state index contributed by atoms with van der Waals surface area (Å²) in [5.74, 6) is 0.0827. The van der Waals surface area contributed by atoms with Gasteiger partial charge >= 0.3 is 0 Å². The van der Waals surface area contributed by atoms with Crippen LogP contribution in [0.25, 0.3) is 0 Å². The molecule has 25 heavy (non-hydrogen) atoms. The molecule has 0 aliphatic carbocycles. The zero-order chi connectivity index (χ0) is 17.6. The zero-order valence-corrected chi connectivity index (χ0v) is 15.2. The van der Waals surface area contributed by atoms with E-state index in [2.05, 4.69) is 34.5 Å². The number of anilines is 1. The van der Waals surface area contributed by atoms with Crippen LogP contribution in [0.1, 0.15) is 44.1 Å². The minimum absolute atomic E-state index is 0.00297. The maximum absolute atomic E-state index is 12.4. The Morgan fingerprint density at radius 1 is 1.20 bits per heavy atom. The van der Waals surface area contributed by atoms with Crippen molar-refractivity contribution in [3.8, 4) is 0 Å². The van der Waals surface area contributed by atoms with Gasteiger partial charge in [-0.2, -0.15) is 0 Å². The Labute approximate surface area is 150 Å². The molecule has 1 saturated heterocycles. The van der Waals surface area contributed by atoms with Gasteiger partial charge in [0, 0.05) is 38.8 Å². The third-order valence-corrected chi connectivity index (χ3v) is 5.39. The number of fused-ring (bicyclic) bond motifs is 1. The Morgan fingerprint density at radius 3 is 2.92 bits per heavy atom. The Morgan fingerprint density at radius 2 is 2.04 bits per heavy atom. The van der Waals surface area contributed by atoms with E-state index in [1.807, 2.05) is 0 Å². The van der Waals surface area contributed by atoms with Gasteiger partial charge in [0.25, 0.3) is 0 Å². The average Bonchev–Trinajstić information content (AvgIpc) is 2.80. The van der Waals surface area contributed by atoms with Crippen molar-refractivity contribution in [2.45, 2.75) is 51.0 Å². The van der Waals surface area contributed by atoms with Crippen LogP contribution >= 0.6 is 0 Å². The summed E-state index contributed by atoms with van der Waals surface area (Å²) in [7, 11) is 1.75. The third-order valence-electron chi connectivity index (χ3n) is 5.39. The van der Waals surface area contributed by atoms with Crippen molar-refractivity contribution in [1.29, 1.82) is 0 Å². The van der Waals surface area contributed by atoms with Crippen molar-refractivity contribution >= 4 is 17.5 Å². The highest BCUT2D eigenvalue weighted by atomic mass is 16.2. The van der Waals surface area contributed by atoms with Gasteiger partial charge in [-0.1, -0.05) is 24.6 Å². The molecule has 5 nitrogen and oxygen atoms in total. The number of nitrogens with zero attached hydrogens (tertiary/aromatic N) is 2. The largest absolute Gasteiger partial charge is 0.371 e. The monoisotopic (exact) mass is 343 g/mol. The molecular formula is C20H29N3O2. The second-order valence-corrected chi connectivity index (χ2v) is 7.13. The number of benzene rings is 1. The SMILES string of the molecule is CN1C(=O)CCCCC1C(=O)NCCCN1CCCc2ccccc21. The number of hydrogen-bond acceptors (Lipinski definition) is 3. The second kappa shape index (κ2) is 8.37. The molecular weight excluding hydrogens is 314 g/mol. The predicted octanol–water partition coefficient (Wildman–Crippen LogP) is 2.35. The lowest BCUT2D eigenvalue weighted by molar-refractivity contribution is -0.138. The molecule has 1 fully saturated rings. The van der Waals surface area contributed by atoms with Crippen LogP contribution in [0.15, 0.2) is 24.3 Å². The molecule has 1 aromatic carbocycles. The summed E-state index contributed by atoms with van der Waals surface area (Å²) in [5.41, 5.74) is 2.77. The molecule has 0 saturated carbocycles. The number of likely N-dealkylation sites (tertiary alicyclic amines) is 1. The van der Waals surface area contributed by atoms with Crippen LogP contribution in [0.5, 0.6) is 0 Å². The first kappa shape index (κ1) is 17.8. The van der Waals surface area contributed by atoms with Crippen LogP contribution in [0.3, 0.4) is 0 Å². The van der Waals surface area contributed by atoms with Crippen molar-refractivity contribution in [2.75, 3.05) is 31.6 Å². The molecule has 0 aromatic heterocycles. The van der Waals surface area contributed by atoms with Crippen molar-refractivity contribution in [3.05, 3.63) is 29.8 Å². The van der Waals surface area contributed by atoms with E-state index in [0.29, 0.717) is 13.0 Å². The van der Waals surface area contributed by atoms with Crippen LogP contribution in [0.4, 0.5) is 5.69 Å². The maximum Gasteiger partial charge on any atom is 0.242 e. The number of hydrogen-bond donors (Lipinski definition) is 1. The number of para-hydroxylation sites is 1. The quantitative estimate of drug-likeness (QED) is 0.835. The van der Waals surface area contributed by atoms with E-state index >= 15 is 0 Å². The van der Waals surface area contributed by atoms with E-state index in [0.717, 1.165) is 45.2 Å². The van der Waals surface area contributed by atoms with Crippen molar-refractivity contribution in [1.82, 2.24) is 10.2 Å². The summed E-state index contributed by atoms with van der Waals surface area (Å²) >= 11 is 0. The Bertz CT molecular complexity index is 617. The van der Waals surface area contributed by atoms with Gasteiger partial charge in [0.05, 0.1) is 0 Å². The lowest BCUT2D eigenvalue weighted by Crippen LogP contribution is -2.47. The summed E-state index contributed by atoms with van der Waals surface area (Å²) in [5, 5.41) is 3.04. The lowest BCUT2D eigenvalue weighted by atomic mass is 10.0. The van der Waals surface area contributed by atoms with Crippen LogP contribution in [0.2, 0.25) is 0 Å². The molecule has 136 valence electrons. The van der Waals surface area contributed by atoms with Gasteiger partial charge < -0.3 is 15.1 Å². The number of likely N-dealkylation sites (N-methyl/N-ethyl adjacent to an activating group) is 1. The van der Waals surface area contributed by atoms with E-state index in [-0.39, 0.29) is 17.9 Å². The third kappa shape index (κ3) is 4.33. The first-order valence-electron chi connectivity index (χ1n) is 9.53. The fourth-order valence-corrected chi connectivity index (χ4v) is 3.91. The fraction of sp³-hybridized carbons (Fsp3) is 0.600. The normalized spacial score (nSPS) is 20.8. The van der Waals surface area contributed by atoms with Gasteiger partial charge in [-0.05, 0) is 43.7 Å². The van der Waals surface area contributed by atoms with Crippen LogP contribution in [-0.4, -0.2) is 49.4 Å². The van der Waals surface area contributed by atoms with Gasteiger partial charge in [0.15, 0.2) is 0 Å². The van der Waals surface area contributed by atoms with E-state index in [1.54, 1.807) is 11.9 Å². The minimum atomic E-state index is -0.300. The minimum Gasteiger partial charge on any atom is -0.371 e. The van der Waals surface area contributed by atoms with E-state index in [4.69, 9.17) is 0 Å². The van der Waals surface area contributed by atoms with Crippen molar-refractivity contribution < 1.29 is 9.59 Å².